The number of rotatable bonds is 2. The molecule has 6 nitrogen and oxygen atoms in total. The van der Waals surface area contributed by atoms with Crippen LogP contribution in [0.5, 0.6) is 0 Å². The molecule has 0 aromatic heterocycles. The first-order valence-corrected chi connectivity index (χ1v) is 10.4. The maximum absolute atomic E-state index is 11.9. The first-order valence-electron chi connectivity index (χ1n) is 6.90. The highest BCUT2D eigenvalue weighted by Crippen LogP contribution is 2.43. The van der Waals surface area contributed by atoms with Gasteiger partial charge in [0.2, 0.25) is 0 Å². The van der Waals surface area contributed by atoms with Crippen LogP contribution in [0.3, 0.4) is 0 Å². The average Bonchev–Trinajstić information content (AvgIpc) is 2.91. The lowest BCUT2D eigenvalue weighted by Crippen LogP contribution is -2.37. The van der Waals surface area contributed by atoms with E-state index in [0.29, 0.717) is 20.9 Å². The van der Waals surface area contributed by atoms with Gasteiger partial charge in [-0.2, -0.15) is 10.3 Å². The van der Waals surface area contributed by atoms with Crippen LogP contribution in [0.1, 0.15) is 6.42 Å². The third-order valence-corrected chi connectivity index (χ3v) is 7.43. The highest BCUT2D eigenvalue weighted by molar-refractivity contribution is 8.16. The number of nitriles is 1. The number of anilines is 1. The molecule has 0 spiro atoms. The minimum absolute atomic E-state index is 0.0233. The zero-order valence-electron chi connectivity index (χ0n) is 12.1. The summed E-state index contributed by atoms with van der Waals surface area (Å²) in [5.74, 6) is -0.581. The quantitative estimate of drug-likeness (QED) is 0.753. The average molecular weight is 404 g/mol. The van der Waals surface area contributed by atoms with E-state index in [1.165, 1.54) is 11.8 Å². The summed E-state index contributed by atoms with van der Waals surface area (Å²) in [5.41, 5.74) is 0.543. The SMILES string of the molecule is N#CCC(=O)N=C1S[C@H]2CS(=O)(=O)C[C@H]2N1c1ccc(Cl)cc1Cl. The molecular formula is C14H11Cl2N3O3S2. The Kier molecular flexibility index (Phi) is 4.80. The fourth-order valence-electron chi connectivity index (χ4n) is 2.74. The van der Waals surface area contributed by atoms with E-state index in [1.807, 2.05) is 0 Å². The summed E-state index contributed by atoms with van der Waals surface area (Å²) in [5, 5.41) is 9.55. The second-order valence-electron chi connectivity index (χ2n) is 5.39. The summed E-state index contributed by atoms with van der Waals surface area (Å²) < 4.78 is 23.9. The van der Waals surface area contributed by atoms with E-state index in [0.717, 1.165) is 0 Å². The number of benzene rings is 1. The van der Waals surface area contributed by atoms with E-state index < -0.39 is 15.7 Å². The number of sulfone groups is 1. The molecule has 1 amide bonds. The maximum atomic E-state index is 11.9. The molecule has 1 aromatic rings. The van der Waals surface area contributed by atoms with Crippen LogP contribution in [-0.2, 0) is 14.6 Å². The summed E-state index contributed by atoms with van der Waals surface area (Å²) in [6, 6.07) is 6.26. The number of halogens is 2. The van der Waals surface area contributed by atoms with Gasteiger partial charge < -0.3 is 4.90 Å². The first kappa shape index (κ1) is 17.5. The van der Waals surface area contributed by atoms with Crippen LogP contribution < -0.4 is 4.90 Å². The summed E-state index contributed by atoms with van der Waals surface area (Å²) in [4.78, 5) is 17.4. The van der Waals surface area contributed by atoms with E-state index in [4.69, 9.17) is 28.5 Å². The van der Waals surface area contributed by atoms with Crippen molar-refractivity contribution >= 4 is 61.6 Å². The Hall–Kier alpha value is -1.27. The highest BCUT2D eigenvalue weighted by Gasteiger charge is 2.49. The number of amides is 1. The Morgan fingerprint density at radius 3 is 2.83 bits per heavy atom. The predicted molar refractivity (Wildman–Crippen MR) is 95.4 cm³/mol. The van der Waals surface area contributed by atoms with Crippen LogP contribution in [-0.4, -0.2) is 42.3 Å². The van der Waals surface area contributed by atoms with Crippen molar-refractivity contribution < 1.29 is 13.2 Å². The molecular weight excluding hydrogens is 393 g/mol. The number of thioether (sulfide) groups is 1. The molecule has 0 saturated carbocycles. The van der Waals surface area contributed by atoms with Crippen LogP contribution in [0.2, 0.25) is 10.0 Å². The minimum Gasteiger partial charge on any atom is -0.314 e. The molecule has 2 fully saturated rings. The zero-order valence-corrected chi connectivity index (χ0v) is 15.3. The van der Waals surface area contributed by atoms with Gasteiger partial charge in [-0.05, 0) is 18.2 Å². The third-order valence-electron chi connectivity index (χ3n) is 3.69. The van der Waals surface area contributed by atoms with Crippen LogP contribution in [0.4, 0.5) is 5.69 Å². The number of hydrogen-bond acceptors (Lipinski definition) is 5. The number of hydrogen-bond donors (Lipinski definition) is 0. The van der Waals surface area contributed by atoms with Crippen LogP contribution in [0.15, 0.2) is 23.2 Å². The van der Waals surface area contributed by atoms with Gasteiger partial charge >= 0.3 is 0 Å². The van der Waals surface area contributed by atoms with E-state index in [1.54, 1.807) is 29.2 Å². The fraction of sp³-hybridized carbons (Fsp3) is 0.357. The summed E-state index contributed by atoms with van der Waals surface area (Å²) in [7, 11) is -3.15. The lowest BCUT2D eigenvalue weighted by atomic mass is 10.2. The van der Waals surface area contributed by atoms with Gasteiger partial charge in [0.15, 0.2) is 15.0 Å². The van der Waals surface area contributed by atoms with Gasteiger partial charge in [0.05, 0.1) is 34.3 Å². The summed E-state index contributed by atoms with van der Waals surface area (Å²) in [6.07, 6.45) is -0.333. The first-order chi connectivity index (χ1) is 11.3. The monoisotopic (exact) mass is 403 g/mol. The van der Waals surface area contributed by atoms with Gasteiger partial charge in [0.25, 0.3) is 5.91 Å². The van der Waals surface area contributed by atoms with Crippen molar-refractivity contribution in [1.29, 1.82) is 5.26 Å². The Bertz CT molecular complexity index is 880. The van der Waals surface area contributed by atoms with Crippen molar-refractivity contribution in [2.75, 3.05) is 16.4 Å². The van der Waals surface area contributed by atoms with E-state index >= 15 is 0 Å². The Balaban J connectivity index is 2.05. The molecule has 10 heteroatoms. The molecule has 0 unspecified atom stereocenters. The normalized spacial score (nSPS) is 26.4. The van der Waals surface area contributed by atoms with E-state index in [2.05, 4.69) is 4.99 Å². The van der Waals surface area contributed by atoms with Gasteiger partial charge in [-0.25, -0.2) is 8.42 Å². The largest absolute Gasteiger partial charge is 0.314 e. The molecule has 1 aromatic carbocycles. The van der Waals surface area contributed by atoms with Crippen LogP contribution in [0.25, 0.3) is 0 Å². The number of nitrogens with zero attached hydrogens (tertiary/aromatic N) is 3. The predicted octanol–water partition coefficient (Wildman–Crippen LogP) is 2.51. The topological polar surface area (TPSA) is 90.6 Å². The Morgan fingerprint density at radius 2 is 2.17 bits per heavy atom. The van der Waals surface area contributed by atoms with E-state index in [-0.39, 0.29) is 29.2 Å². The fourth-order valence-corrected chi connectivity index (χ4v) is 7.16. The van der Waals surface area contributed by atoms with Gasteiger partial charge in [0.1, 0.15) is 6.42 Å². The molecule has 2 atom stereocenters. The molecule has 2 aliphatic rings. The lowest BCUT2D eigenvalue weighted by molar-refractivity contribution is -0.116. The Morgan fingerprint density at radius 1 is 1.42 bits per heavy atom. The summed E-state index contributed by atoms with van der Waals surface area (Å²) >= 11 is 13.4. The third kappa shape index (κ3) is 3.40. The standard InChI is InChI=1S/C14H11Cl2N3O3S2/c15-8-1-2-10(9(16)5-8)19-11-6-24(21,22)7-12(11)23-14(19)18-13(20)3-4-17/h1-2,5,11-12H,3,6-7H2/t11-,12+/m1/s1. The van der Waals surface area contributed by atoms with Crippen molar-refractivity contribution in [2.24, 2.45) is 4.99 Å². The van der Waals surface area contributed by atoms with Gasteiger partial charge in [-0.15, -0.1) is 0 Å². The lowest BCUT2D eigenvalue weighted by Gasteiger charge is -2.25. The van der Waals surface area contributed by atoms with E-state index in [9.17, 15) is 13.2 Å². The number of carbonyl (C=O) groups is 1. The number of fused-ring (bicyclic) bond motifs is 1. The molecule has 0 N–H and O–H groups in total. The number of amidine groups is 1. The zero-order chi connectivity index (χ0) is 17.5. The molecule has 2 aliphatic heterocycles. The minimum atomic E-state index is -3.15. The Labute approximate surface area is 153 Å². The van der Waals surface area contributed by atoms with Crippen molar-refractivity contribution in [1.82, 2.24) is 0 Å². The number of carbonyl (C=O) groups excluding carboxylic acids is 1. The molecule has 126 valence electrons. The molecule has 0 aliphatic carbocycles. The second kappa shape index (κ2) is 6.56. The van der Waals surface area contributed by atoms with Gasteiger partial charge in [0, 0.05) is 10.3 Å². The molecule has 0 radical (unpaired) electrons. The highest BCUT2D eigenvalue weighted by atomic mass is 35.5. The number of aliphatic imine (C=N–C) groups is 1. The maximum Gasteiger partial charge on any atom is 0.262 e. The van der Waals surface area contributed by atoms with Gasteiger partial charge in [-0.3, -0.25) is 4.79 Å². The van der Waals surface area contributed by atoms with Gasteiger partial charge in [-0.1, -0.05) is 35.0 Å². The van der Waals surface area contributed by atoms with Crippen molar-refractivity contribution in [3.8, 4) is 6.07 Å². The van der Waals surface area contributed by atoms with Crippen LogP contribution >= 0.6 is 35.0 Å². The molecule has 2 saturated heterocycles. The second-order valence-corrected chi connectivity index (χ2v) is 9.59. The molecule has 3 rings (SSSR count). The smallest absolute Gasteiger partial charge is 0.262 e. The molecule has 0 bridgehead atoms. The van der Waals surface area contributed by atoms with Crippen molar-refractivity contribution in [3.63, 3.8) is 0 Å². The molecule has 24 heavy (non-hydrogen) atoms. The molecule has 2 heterocycles. The van der Waals surface area contributed by atoms with Crippen LogP contribution in [0, 0.1) is 11.3 Å². The van der Waals surface area contributed by atoms with Crippen molar-refractivity contribution in [3.05, 3.63) is 28.2 Å². The summed E-state index contributed by atoms with van der Waals surface area (Å²) in [6.45, 7) is 0. The van der Waals surface area contributed by atoms with Crippen molar-refractivity contribution in [2.45, 2.75) is 17.7 Å².